The van der Waals surface area contributed by atoms with E-state index >= 15 is 0 Å². The van der Waals surface area contributed by atoms with Crippen molar-refractivity contribution in [3.05, 3.63) is 59.5 Å². The Bertz CT molecular complexity index is 924. The van der Waals surface area contributed by atoms with Gasteiger partial charge >= 0.3 is 0 Å². The average molecular weight is 386 g/mol. The maximum absolute atomic E-state index is 12.5. The predicted molar refractivity (Wildman–Crippen MR) is 101 cm³/mol. The molecule has 1 unspecified atom stereocenters. The van der Waals surface area contributed by atoms with E-state index in [9.17, 15) is 9.90 Å². The number of aliphatic hydroxyl groups is 1. The normalized spacial score (nSPS) is 22.1. The number of nitrogens with one attached hydrogen (secondary N) is 2. The molecule has 27 heavy (non-hydrogen) atoms. The fourth-order valence-electron chi connectivity index (χ4n) is 3.58. The second-order valence-corrected chi connectivity index (χ2v) is 7.33. The third-order valence-corrected chi connectivity index (χ3v) is 5.13. The second-order valence-electron chi connectivity index (χ2n) is 6.89. The van der Waals surface area contributed by atoms with Crippen LogP contribution in [0.3, 0.4) is 0 Å². The molecular weight excluding hydrogens is 366 g/mol. The molecule has 0 radical (unpaired) electrons. The Morgan fingerprint density at radius 2 is 2.22 bits per heavy atom. The van der Waals surface area contributed by atoms with Crippen molar-refractivity contribution in [1.82, 2.24) is 25.3 Å². The summed E-state index contributed by atoms with van der Waals surface area (Å²) in [5.74, 6) is -0.00597. The molecule has 0 bridgehead atoms. The summed E-state index contributed by atoms with van der Waals surface area (Å²) in [5, 5.41) is 25.0. The molecule has 1 fully saturated rings. The number of aliphatic hydroxyl groups excluding tert-OH is 1. The number of benzene rings is 1. The molecule has 3 N–H and O–H groups in total. The number of carbonyl (C=O) groups is 1. The molecule has 7 nitrogen and oxygen atoms in total. The van der Waals surface area contributed by atoms with Gasteiger partial charge in [0.25, 0.3) is 5.91 Å². The topological polar surface area (TPSA) is 95.8 Å². The minimum absolute atomic E-state index is 0.272. The van der Waals surface area contributed by atoms with E-state index in [4.69, 9.17) is 11.6 Å². The van der Waals surface area contributed by atoms with Crippen LogP contribution in [0, 0.1) is 5.92 Å². The number of rotatable bonds is 5. The van der Waals surface area contributed by atoms with Gasteiger partial charge in [0.05, 0.1) is 17.8 Å². The maximum atomic E-state index is 12.5. The van der Waals surface area contributed by atoms with Crippen LogP contribution in [0.5, 0.6) is 0 Å². The quantitative estimate of drug-likeness (QED) is 0.628. The molecule has 2 aromatic heterocycles. The van der Waals surface area contributed by atoms with Gasteiger partial charge in [-0.25, -0.2) is 0 Å². The van der Waals surface area contributed by atoms with Crippen LogP contribution < -0.4 is 5.32 Å². The molecule has 2 heterocycles. The van der Waals surface area contributed by atoms with E-state index in [2.05, 4.69) is 20.6 Å². The largest absolute Gasteiger partial charge is 0.391 e. The predicted octanol–water partition coefficient (Wildman–Crippen LogP) is 2.50. The summed E-state index contributed by atoms with van der Waals surface area (Å²) >= 11 is 6.01. The zero-order valence-corrected chi connectivity index (χ0v) is 15.3. The van der Waals surface area contributed by atoms with E-state index in [1.165, 1.54) is 0 Å². The summed E-state index contributed by atoms with van der Waals surface area (Å²) in [6, 6.07) is 10.6. The number of H-pyrrole nitrogens is 1. The van der Waals surface area contributed by atoms with Gasteiger partial charge in [-0.05, 0) is 43.0 Å². The van der Waals surface area contributed by atoms with Crippen LogP contribution in [0.25, 0.3) is 11.3 Å². The zero-order valence-electron chi connectivity index (χ0n) is 14.5. The molecular formula is C19H20ClN5O2. The van der Waals surface area contributed by atoms with Crippen LogP contribution in [0.4, 0.5) is 0 Å². The van der Waals surface area contributed by atoms with E-state index in [1.807, 2.05) is 29.1 Å². The van der Waals surface area contributed by atoms with Crippen LogP contribution in [-0.2, 0) is 6.54 Å². The molecule has 0 spiro atoms. The van der Waals surface area contributed by atoms with Gasteiger partial charge in [-0.15, -0.1) is 0 Å². The number of aromatic nitrogens is 4. The van der Waals surface area contributed by atoms with Crippen molar-refractivity contribution in [1.29, 1.82) is 0 Å². The van der Waals surface area contributed by atoms with Gasteiger partial charge in [-0.2, -0.15) is 10.2 Å². The number of aromatic amines is 1. The summed E-state index contributed by atoms with van der Waals surface area (Å²) in [4.78, 5) is 12.5. The molecule has 1 saturated carbocycles. The molecule has 140 valence electrons. The van der Waals surface area contributed by atoms with Gasteiger partial charge in [0.1, 0.15) is 5.69 Å². The first-order valence-electron chi connectivity index (χ1n) is 8.86. The van der Waals surface area contributed by atoms with Crippen LogP contribution >= 0.6 is 11.6 Å². The summed E-state index contributed by atoms with van der Waals surface area (Å²) in [5.41, 5.74) is 1.83. The number of halogens is 1. The van der Waals surface area contributed by atoms with E-state index in [0.717, 1.165) is 12.1 Å². The fourth-order valence-corrected chi connectivity index (χ4v) is 3.77. The van der Waals surface area contributed by atoms with Crippen molar-refractivity contribution < 1.29 is 9.90 Å². The first kappa shape index (κ1) is 17.8. The average Bonchev–Trinajstić information content (AvgIpc) is 3.38. The van der Waals surface area contributed by atoms with Crippen LogP contribution in [0.15, 0.2) is 48.8 Å². The van der Waals surface area contributed by atoms with E-state index < -0.39 is 6.10 Å². The SMILES string of the molecule is O=C(N[C@@H]1CC(Cn2cccn2)C[C@H]1O)c1cc(-c2cccc(Cl)c2)n[nH]1. The number of hydrogen-bond donors (Lipinski definition) is 3. The molecule has 3 aromatic rings. The minimum atomic E-state index is -0.565. The Kier molecular flexibility index (Phi) is 4.96. The van der Waals surface area contributed by atoms with Gasteiger partial charge < -0.3 is 10.4 Å². The van der Waals surface area contributed by atoms with E-state index in [1.54, 1.807) is 24.4 Å². The molecule has 4 rings (SSSR count). The van der Waals surface area contributed by atoms with Crippen molar-refractivity contribution in [2.45, 2.75) is 31.5 Å². The first-order valence-corrected chi connectivity index (χ1v) is 9.24. The zero-order chi connectivity index (χ0) is 18.8. The van der Waals surface area contributed by atoms with Crippen LogP contribution in [-0.4, -0.2) is 43.1 Å². The highest BCUT2D eigenvalue weighted by atomic mass is 35.5. The van der Waals surface area contributed by atoms with Crippen LogP contribution in [0.2, 0.25) is 5.02 Å². The van der Waals surface area contributed by atoms with Gasteiger partial charge in [0.2, 0.25) is 0 Å². The standard InChI is InChI=1S/C19H20ClN5O2/c20-14-4-1-3-13(9-14)15-10-17(24-23-15)19(27)22-16-7-12(8-18(16)26)11-25-6-2-5-21-25/h1-6,9-10,12,16,18,26H,7-8,11H2,(H,22,27)(H,23,24)/t12?,16-,18-/m1/s1. The van der Waals surface area contributed by atoms with E-state index in [-0.39, 0.29) is 17.9 Å². The lowest BCUT2D eigenvalue weighted by Crippen LogP contribution is -2.40. The lowest BCUT2D eigenvalue weighted by molar-refractivity contribution is 0.0868. The van der Waals surface area contributed by atoms with Crippen molar-refractivity contribution in [2.24, 2.45) is 5.92 Å². The molecule has 3 atom stereocenters. The molecule has 1 aromatic carbocycles. The third-order valence-electron chi connectivity index (χ3n) is 4.89. The van der Waals surface area contributed by atoms with Crippen molar-refractivity contribution in [2.75, 3.05) is 0 Å². The smallest absolute Gasteiger partial charge is 0.269 e. The molecule has 8 heteroatoms. The first-order chi connectivity index (χ1) is 13.1. The molecule has 0 saturated heterocycles. The monoisotopic (exact) mass is 385 g/mol. The lowest BCUT2D eigenvalue weighted by atomic mass is 10.1. The molecule has 1 aliphatic rings. The Morgan fingerprint density at radius 1 is 1.33 bits per heavy atom. The lowest BCUT2D eigenvalue weighted by Gasteiger charge is -2.15. The summed E-state index contributed by atoms with van der Waals surface area (Å²) < 4.78 is 1.85. The summed E-state index contributed by atoms with van der Waals surface area (Å²) in [6.45, 7) is 0.736. The number of hydrogen-bond acceptors (Lipinski definition) is 4. The Hall–Kier alpha value is -2.64. The molecule has 1 amide bonds. The van der Waals surface area contributed by atoms with Crippen molar-refractivity contribution in [3.63, 3.8) is 0 Å². The molecule has 1 aliphatic carbocycles. The Balaban J connectivity index is 1.39. The summed E-state index contributed by atoms with van der Waals surface area (Å²) in [6.07, 6.45) is 4.43. The Labute approximate surface area is 161 Å². The van der Waals surface area contributed by atoms with Crippen molar-refractivity contribution >= 4 is 17.5 Å². The minimum Gasteiger partial charge on any atom is -0.391 e. The van der Waals surface area contributed by atoms with E-state index in [0.29, 0.717) is 29.3 Å². The van der Waals surface area contributed by atoms with Crippen LogP contribution in [0.1, 0.15) is 23.3 Å². The van der Waals surface area contributed by atoms with Crippen molar-refractivity contribution in [3.8, 4) is 11.3 Å². The second kappa shape index (κ2) is 7.54. The number of amides is 1. The highest BCUT2D eigenvalue weighted by molar-refractivity contribution is 6.30. The van der Waals surface area contributed by atoms with Gasteiger partial charge in [0, 0.05) is 29.5 Å². The highest BCUT2D eigenvalue weighted by Gasteiger charge is 2.34. The fraction of sp³-hybridized carbons (Fsp3) is 0.316. The molecule has 0 aliphatic heterocycles. The van der Waals surface area contributed by atoms with Gasteiger partial charge in [-0.3, -0.25) is 14.6 Å². The summed E-state index contributed by atoms with van der Waals surface area (Å²) in [7, 11) is 0. The number of carbonyl (C=O) groups excluding carboxylic acids is 1. The van der Waals surface area contributed by atoms with Gasteiger partial charge in [-0.1, -0.05) is 23.7 Å². The maximum Gasteiger partial charge on any atom is 0.269 e. The third kappa shape index (κ3) is 4.04. The number of nitrogens with zero attached hydrogens (tertiary/aromatic N) is 3. The highest BCUT2D eigenvalue weighted by Crippen LogP contribution is 2.28. The Morgan fingerprint density at radius 3 is 3.00 bits per heavy atom. The van der Waals surface area contributed by atoms with Gasteiger partial charge in [0.15, 0.2) is 0 Å².